The third-order valence-corrected chi connectivity index (χ3v) is 4.94. The van der Waals surface area contributed by atoms with Gasteiger partial charge in [0.2, 0.25) is 0 Å². The fraction of sp³-hybridized carbons (Fsp3) is 0.600. The van der Waals surface area contributed by atoms with E-state index in [4.69, 9.17) is 12.2 Å². The van der Waals surface area contributed by atoms with Gasteiger partial charge >= 0.3 is 5.69 Å². The molecule has 2 aromatic rings. The van der Waals surface area contributed by atoms with Gasteiger partial charge in [0.05, 0.1) is 0 Å². The normalized spacial score (nSPS) is 18.1. The first-order chi connectivity index (χ1) is 11.4. The number of hydrogen-bond donors (Lipinski definition) is 2. The second kappa shape index (κ2) is 6.39. The highest BCUT2D eigenvalue weighted by molar-refractivity contribution is 7.80. The summed E-state index contributed by atoms with van der Waals surface area (Å²) in [5, 5.41) is 3.93. The van der Waals surface area contributed by atoms with Crippen molar-refractivity contribution in [3.63, 3.8) is 0 Å². The Kier molecular flexibility index (Phi) is 4.44. The van der Waals surface area contributed by atoms with Gasteiger partial charge < -0.3 is 15.2 Å². The summed E-state index contributed by atoms with van der Waals surface area (Å²) in [6.07, 6.45) is 1.98. The molecular weight excluding hydrogens is 328 g/mol. The van der Waals surface area contributed by atoms with Crippen LogP contribution in [0.4, 0.5) is 0 Å². The van der Waals surface area contributed by atoms with Crippen molar-refractivity contribution in [1.82, 2.24) is 29.3 Å². The number of likely N-dealkylation sites (tertiary alicyclic amines) is 1. The monoisotopic (exact) mass is 350 g/mol. The first-order valence-corrected chi connectivity index (χ1v) is 8.53. The van der Waals surface area contributed by atoms with E-state index in [9.17, 15) is 9.59 Å². The van der Waals surface area contributed by atoms with E-state index in [1.54, 1.807) is 7.05 Å². The lowest BCUT2D eigenvalue weighted by molar-refractivity contribution is 0.300. The van der Waals surface area contributed by atoms with Crippen molar-refractivity contribution in [2.75, 3.05) is 19.6 Å². The number of thiocarbonyl (C=S) groups is 1. The summed E-state index contributed by atoms with van der Waals surface area (Å²) in [6.45, 7) is 4.48. The van der Waals surface area contributed by atoms with Crippen LogP contribution in [0.1, 0.15) is 31.5 Å². The predicted molar refractivity (Wildman–Crippen MR) is 96.4 cm³/mol. The highest BCUT2D eigenvalue weighted by atomic mass is 32.1. The predicted octanol–water partition coefficient (Wildman–Crippen LogP) is 0.0341. The van der Waals surface area contributed by atoms with Crippen molar-refractivity contribution in [2.45, 2.75) is 25.7 Å². The Morgan fingerprint density at radius 2 is 2.12 bits per heavy atom. The molecule has 3 heterocycles. The first-order valence-electron chi connectivity index (χ1n) is 8.12. The van der Waals surface area contributed by atoms with Crippen LogP contribution in [0.5, 0.6) is 0 Å². The van der Waals surface area contributed by atoms with Crippen LogP contribution in [-0.4, -0.2) is 48.7 Å². The van der Waals surface area contributed by atoms with Crippen molar-refractivity contribution < 1.29 is 0 Å². The Hall–Kier alpha value is -2.16. The summed E-state index contributed by atoms with van der Waals surface area (Å²) in [5.41, 5.74) is 0.0669. The van der Waals surface area contributed by atoms with E-state index in [-0.39, 0.29) is 17.2 Å². The molecular formula is C15H22N6O2S. The Labute approximate surface area is 144 Å². The molecule has 0 saturated carbocycles. The summed E-state index contributed by atoms with van der Waals surface area (Å²) in [7, 11) is 3.10. The van der Waals surface area contributed by atoms with E-state index >= 15 is 0 Å². The van der Waals surface area contributed by atoms with Crippen LogP contribution in [0.2, 0.25) is 0 Å². The maximum atomic E-state index is 12.3. The van der Waals surface area contributed by atoms with Crippen molar-refractivity contribution in [3.05, 3.63) is 26.7 Å². The number of imidazole rings is 1. The van der Waals surface area contributed by atoms with Gasteiger partial charge in [0, 0.05) is 39.6 Å². The molecule has 0 bridgehead atoms. The largest absolute Gasteiger partial charge is 0.363 e. The van der Waals surface area contributed by atoms with Gasteiger partial charge in [-0.1, -0.05) is 0 Å². The summed E-state index contributed by atoms with van der Waals surface area (Å²) < 4.78 is 2.50. The molecule has 130 valence electrons. The SMILES string of the molecule is CCNC(=S)N1CCCC(c2nc3c([nH]2)c(=O)n(C)c(=O)n3C)C1. The summed E-state index contributed by atoms with van der Waals surface area (Å²) in [6, 6.07) is 0. The van der Waals surface area contributed by atoms with Crippen molar-refractivity contribution >= 4 is 28.5 Å². The number of hydrogen-bond acceptors (Lipinski definition) is 4. The van der Waals surface area contributed by atoms with Gasteiger partial charge in [0.1, 0.15) is 11.3 Å². The van der Waals surface area contributed by atoms with E-state index in [0.29, 0.717) is 11.2 Å². The van der Waals surface area contributed by atoms with Crippen molar-refractivity contribution in [1.29, 1.82) is 0 Å². The van der Waals surface area contributed by atoms with Crippen LogP contribution in [0.3, 0.4) is 0 Å². The third-order valence-electron chi connectivity index (χ3n) is 4.54. The minimum atomic E-state index is -0.371. The van der Waals surface area contributed by atoms with E-state index in [1.807, 2.05) is 6.92 Å². The second-order valence-corrected chi connectivity index (χ2v) is 6.53. The molecule has 1 fully saturated rings. The zero-order valence-corrected chi connectivity index (χ0v) is 14.9. The topological polar surface area (TPSA) is 88.0 Å². The molecule has 1 aliphatic rings. The molecule has 2 aromatic heterocycles. The first kappa shape index (κ1) is 16.7. The number of aryl methyl sites for hydroxylation is 1. The fourth-order valence-electron chi connectivity index (χ4n) is 3.19. The molecule has 0 amide bonds. The summed E-state index contributed by atoms with van der Waals surface area (Å²) in [4.78, 5) is 34.2. The minimum absolute atomic E-state index is 0.155. The standard InChI is InChI=1S/C15H22N6O2S/c1-4-16-14(24)21-7-5-6-9(8-21)11-17-10-12(18-11)19(2)15(23)20(3)13(10)22/h9H,4-8H2,1-3H3,(H,16,24)(H,17,18). The van der Waals surface area contributed by atoms with Gasteiger partial charge in [0.15, 0.2) is 10.8 Å². The number of rotatable bonds is 2. The molecule has 24 heavy (non-hydrogen) atoms. The Bertz CT molecular complexity index is 896. The number of nitrogens with zero attached hydrogens (tertiary/aromatic N) is 4. The molecule has 0 radical (unpaired) electrons. The van der Waals surface area contributed by atoms with Gasteiger partial charge in [-0.25, -0.2) is 9.78 Å². The molecule has 0 aliphatic carbocycles. The molecule has 1 saturated heterocycles. The van der Waals surface area contributed by atoms with Gasteiger partial charge in [0.25, 0.3) is 5.56 Å². The lowest BCUT2D eigenvalue weighted by Gasteiger charge is -2.33. The van der Waals surface area contributed by atoms with Crippen molar-refractivity contribution in [2.24, 2.45) is 14.1 Å². The Balaban J connectivity index is 1.97. The molecule has 8 nitrogen and oxygen atoms in total. The van der Waals surface area contributed by atoms with Gasteiger partial charge in [-0.3, -0.25) is 13.9 Å². The fourth-order valence-corrected chi connectivity index (χ4v) is 3.50. The molecule has 2 N–H and O–H groups in total. The molecule has 1 unspecified atom stereocenters. The minimum Gasteiger partial charge on any atom is -0.363 e. The molecule has 9 heteroatoms. The van der Waals surface area contributed by atoms with Gasteiger partial charge in [-0.05, 0) is 32.0 Å². The lowest BCUT2D eigenvalue weighted by Crippen LogP contribution is -2.44. The average Bonchev–Trinajstić information content (AvgIpc) is 3.04. The smallest absolute Gasteiger partial charge is 0.332 e. The Morgan fingerprint density at radius 1 is 1.38 bits per heavy atom. The summed E-state index contributed by atoms with van der Waals surface area (Å²) >= 11 is 5.40. The van der Waals surface area contributed by atoms with E-state index < -0.39 is 0 Å². The lowest BCUT2D eigenvalue weighted by atomic mass is 9.98. The average molecular weight is 350 g/mol. The Morgan fingerprint density at radius 3 is 2.83 bits per heavy atom. The van der Waals surface area contributed by atoms with Crippen LogP contribution >= 0.6 is 12.2 Å². The number of piperidine rings is 1. The molecule has 0 spiro atoms. The number of nitrogens with one attached hydrogen (secondary N) is 2. The number of fused-ring (bicyclic) bond motifs is 1. The molecule has 1 atom stereocenters. The zero-order chi connectivity index (χ0) is 17.4. The van der Waals surface area contributed by atoms with E-state index in [1.165, 1.54) is 11.6 Å². The van der Waals surface area contributed by atoms with Crippen LogP contribution in [-0.2, 0) is 14.1 Å². The summed E-state index contributed by atoms with van der Waals surface area (Å²) in [5.74, 6) is 0.898. The van der Waals surface area contributed by atoms with E-state index in [2.05, 4.69) is 20.2 Å². The molecule has 0 aromatic carbocycles. The third kappa shape index (κ3) is 2.72. The highest BCUT2D eigenvalue weighted by Gasteiger charge is 2.26. The maximum absolute atomic E-state index is 12.3. The van der Waals surface area contributed by atoms with Crippen LogP contribution in [0.25, 0.3) is 11.2 Å². The van der Waals surface area contributed by atoms with Gasteiger partial charge in [-0.15, -0.1) is 0 Å². The quantitative estimate of drug-likeness (QED) is 0.744. The maximum Gasteiger partial charge on any atom is 0.332 e. The number of aromatic nitrogens is 4. The van der Waals surface area contributed by atoms with Crippen molar-refractivity contribution in [3.8, 4) is 0 Å². The van der Waals surface area contributed by atoms with Crippen LogP contribution in [0, 0.1) is 0 Å². The number of H-pyrrole nitrogens is 1. The van der Waals surface area contributed by atoms with E-state index in [0.717, 1.165) is 48.0 Å². The zero-order valence-electron chi connectivity index (χ0n) is 14.1. The molecule has 1 aliphatic heterocycles. The van der Waals surface area contributed by atoms with Gasteiger partial charge in [-0.2, -0.15) is 0 Å². The molecule has 3 rings (SSSR count). The second-order valence-electron chi connectivity index (χ2n) is 6.15. The van der Waals surface area contributed by atoms with Crippen LogP contribution in [0.15, 0.2) is 9.59 Å². The van der Waals surface area contributed by atoms with Crippen LogP contribution < -0.4 is 16.6 Å². The highest BCUT2D eigenvalue weighted by Crippen LogP contribution is 2.25. The number of aromatic amines is 1.